The molecule has 0 aromatic heterocycles. The number of benzene rings is 2. The van der Waals surface area contributed by atoms with Gasteiger partial charge in [0.1, 0.15) is 4.90 Å². The minimum absolute atomic E-state index is 0.0889. The summed E-state index contributed by atoms with van der Waals surface area (Å²) >= 11 is 5.90. The molecule has 2 aromatic carbocycles. The maximum absolute atomic E-state index is 13.3. The van der Waals surface area contributed by atoms with Crippen molar-refractivity contribution in [2.24, 2.45) is 5.41 Å². The number of sulfonamides is 1. The molecule has 0 radical (unpaired) electrons. The Morgan fingerprint density at radius 2 is 1.63 bits per heavy atom. The van der Waals surface area contributed by atoms with Gasteiger partial charge in [-0.1, -0.05) is 32.4 Å². The van der Waals surface area contributed by atoms with Gasteiger partial charge in [-0.25, -0.2) is 8.42 Å². The fraction of sp³-hybridized carbons (Fsp3) is 0.381. The van der Waals surface area contributed by atoms with E-state index < -0.39 is 15.4 Å². The Hall–Kier alpha value is -2.29. The van der Waals surface area contributed by atoms with E-state index in [2.05, 4.69) is 10.0 Å². The van der Waals surface area contributed by atoms with Gasteiger partial charge < -0.3 is 15.0 Å². The number of amides is 1. The van der Waals surface area contributed by atoms with Gasteiger partial charge in [-0.15, -0.1) is 0 Å². The van der Waals surface area contributed by atoms with Crippen LogP contribution in [0.5, 0.6) is 0 Å². The molecule has 1 aliphatic rings. The van der Waals surface area contributed by atoms with Crippen molar-refractivity contribution in [1.82, 2.24) is 0 Å². The first-order valence-electron chi connectivity index (χ1n) is 9.63. The molecule has 1 fully saturated rings. The Kier molecular flexibility index (Phi) is 6.59. The second-order valence-electron chi connectivity index (χ2n) is 8.10. The van der Waals surface area contributed by atoms with Gasteiger partial charge >= 0.3 is 0 Å². The number of morpholine rings is 1. The number of halogens is 1. The summed E-state index contributed by atoms with van der Waals surface area (Å²) in [5.74, 6) is -0.198. The smallest absolute Gasteiger partial charge is 0.264 e. The van der Waals surface area contributed by atoms with Crippen LogP contribution in [0.25, 0.3) is 0 Å². The lowest BCUT2D eigenvalue weighted by atomic mass is 9.95. The number of rotatable bonds is 5. The van der Waals surface area contributed by atoms with Crippen LogP contribution in [0.4, 0.5) is 17.1 Å². The normalized spacial score (nSPS) is 15.0. The lowest BCUT2D eigenvalue weighted by Crippen LogP contribution is -2.37. The van der Waals surface area contributed by atoms with E-state index in [1.165, 1.54) is 6.07 Å². The molecule has 0 unspecified atom stereocenters. The van der Waals surface area contributed by atoms with E-state index in [4.69, 9.17) is 16.3 Å². The predicted molar refractivity (Wildman–Crippen MR) is 120 cm³/mol. The molecule has 0 aliphatic carbocycles. The number of carbonyl (C=O) groups is 1. The van der Waals surface area contributed by atoms with Crippen LogP contribution in [0.1, 0.15) is 20.8 Å². The van der Waals surface area contributed by atoms with Crippen molar-refractivity contribution in [1.29, 1.82) is 0 Å². The minimum atomic E-state index is -3.93. The molecule has 2 aromatic rings. The Balaban J connectivity index is 1.99. The second-order valence-corrected chi connectivity index (χ2v) is 10.2. The standard InChI is InChI=1S/C21H26ClN3O4S/c1-21(2,3)20(26)23-17-8-9-18(25-10-12-29-13-11-25)19(14-17)30(27,28)24-16-6-4-15(22)5-7-16/h4-9,14,24H,10-13H2,1-3H3,(H,23,26). The first kappa shape index (κ1) is 22.4. The van der Waals surface area contributed by atoms with Gasteiger partial charge in [0.15, 0.2) is 0 Å². The van der Waals surface area contributed by atoms with E-state index in [0.717, 1.165) is 0 Å². The lowest BCUT2D eigenvalue weighted by molar-refractivity contribution is -0.123. The number of ether oxygens (including phenoxy) is 1. The topological polar surface area (TPSA) is 87.7 Å². The zero-order valence-electron chi connectivity index (χ0n) is 17.2. The fourth-order valence-electron chi connectivity index (χ4n) is 2.92. The van der Waals surface area contributed by atoms with Gasteiger partial charge in [0.2, 0.25) is 5.91 Å². The van der Waals surface area contributed by atoms with Crippen LogP contribution in [0.2, 0.25) is 5.02 Å². The highest BCUT2D eigenvalue weighted by Gasteiger charge is 2.26. The lowest BCUT2D eigenvalue weighted by Gasteiger charge is -2.30. The highest BCUT2D eigenvalue weighted by atomic mass is 35.5. The van der Waals surface area contributed by atoms with E-state index in [1.54, 1.807) is 57.2 Å². The van der Waals surface area contributed by atoms with Gasteiger partial charge in [-0.05, 0) is 42.5 Å². The zero-order valence-corrected chi connectivity index (χ0v) is 18.8. The van der Waals surface area contributed by atoms with Crippen LogP contribution >= 0.6 is 11.6 Å². The molecule has 0 saturated carbocycles. The third-order valence-electron chi connectivity index (χ3n) is 4.64. The van der Waals surface area contributed by atoms with Crippen LogP contribution in [0.3, 0.4) is 0 Å². The van der Waals surface area contributed by atoms with Crippen molar-refractivity contribution < 1.29 is 17.9 Å². The van der Waals surface area contributed by atoms with Crippen LogP contribution in [-0.4, -0.2) is 40.6 Å². The number of hydrogen-bond acceptors (Lipinski definition) is 5. The number of carbonyl (C=O) groups excluding carboxylic acids is 1. The van der Waals surface area contributed by atoms with Gasteiger partial charge in [0, 0.05) is 34.9 Å². The summed E-state index contributed by atoms with van der Waals surface area (Å²) in [5, 5.41) is 3.32. The van der Waals surface area contributed by atoms with Gasteiger partial charge in [-0.2, -0.15) is 0 Å². The molecule has 162 valence electrons. The first-order valence-corrected chi connectivity index (χ1v) is 11.5. The number of nitrogens with one attached hydrogen (secondary N) is 2. The number of hydrogen-bond donors (Lipinski definition) is 2. The Morgan fingerprint density at radius 1 is 1.03 bits per heavy atom. The molecular weight excluding hydrogens is 426 g/mol. The van der Waals surface area contributed by atoms with Crippen LogP contribution in [-0.2, 0) is 19.6 Å². The zero-order chi connectivity index (χ0) is 21.9. The first-order chi connectivity index (χ1) is 14.1. The summed E-state index contributed by atoms with van der Waals surface area (Å²) in [5.41, 5.74) is 0.775. The number of anilines is 3. The molecular formula is C21H26ClN3O4S. The number of nitrogens with zero attached hydrogens (tertiary/aromatic N) is 1. The van der Waals surface area contributed by atoms with Crippen LogP contribution < -0.4 is 14.9 Å². The van der Waals surface area contributed by atoms with Crippen molar-refractivity contribution in [3.05, 3.63) is 47.5 Å². The monoisotopic (exact) mass is 451 g/mol. The molecule has 0 bridgehead atoms. The van der Waals surface area contributed by atoms with E-state index >= 15 is 0 Å². The minimum Gasteiger partial charge on any atom is -0.378 e. The largest absolute Gasteiger partial charge is 0.378 e. The van der Waals surface area contributed by atoms with Crippen LogP contribution in [0, 0.1) is 5.41 Å². The van der Waals surface area contributed by atoms with Gasteiger partial charge in [0.25, 0.3) is 10.0 Å². The fourth-order valence-corrected chi connectivity index (χ4v) is 4.36. The molecule has 0 atom stereocenters. The summed E-state index contributed by atoms with van der Waals surface area (Å²) < 4.78 is 34.5. The van der Waals surface area contributed by atoms with E-state index in [-0.39, 0.29) is 10.8 Å². The molecule has 1 amide bonds. The van der Waals surface area contributed by atoms with Crippen molar-refractivity contribution in [3.8, 4) is 0 Å². The van der Waals surface area contributed by atoms with Crippen LogP contribution in [0.15, 0.2) is 47.4 Å². The molecule has 3 rings (SSSR count). The quantitative estimate of drug-likeness (QED) is 0.718. The third kappa shape index (κ3) is 5.44. The molecule has 9 heteroatoms. The predicted octanol–water partition coefficient (Wildman–Crippen LogP) is 3.96. The molecule has 1 heterocycles. The summed E-state index contributed by atoms with van der Waals surface area (Å²) in [6.07, 6.45) is 0. The van der Waals surface area contributed by atoms with Crippen molar-refractivity contribution >= 4 is 44.6 Å². The highest BCUT2D eigenvalue weighted by molar-refractivity contribution is 7.92. The maximum atomic E-state index is 13.3. The summed E-state index contributed by atoms with van der Waals surface area (Å²) in [4.78, 5) is 14.4. The van der Waals surface area contributed by atoms with Crippen molar-refractivity contribution in [2.75, 3.05) is 41.2 Å². The summed E-state index contributed by atoms with van der Waals surface area (Å²) in [7, 11) is -3.93. The van der Waals surface area contributed by atoms with Gasteiger partial charge in [-0.3, -0.25) is 9.52 Å². The average Bonchev–Trinajstić information content (AvgIpc) is 2.69. The Morgan fingerprint density at radius 3 is 2.23 bits per heavy atom. The molecule has 7 nitrogen and oxygen atoms in total. The molecule has 30 heavy (non-hydrogen) atoms. The molecule has 2 N–H and O–H groups in total. The van der Waals surface area contributed by atoms with E-state index in [9.17, 15) is 13.2 Å². The maximum Gasteiger partial charge on any atom is 0.264 e. The summed E-state index contributed by atoms with van der Waals surface area (Å²) in [6.45, 7) is 7.59. The van der Waals surface area contributed by atoms with Crippen molar-refractivity contribution in [3.63, 3.8) is 0 Å². The van der Waals surface area contributed by atoms with Gasteiger partial charge in [0.05, 0.1) is 18.9 Å². The second kappa shape index (κ2) is 8.83. The summed E-state index contributed by atoms with van der Waals surface area (Å²) in [6, 6.07) is 11.4. The molecule has 1 saturated heterocycles. The third-order valence-corrected chi connectivity index (χ3v) is 6.30. The Labute approximate surface area is 182 Å². The SMILES string of the molecule is CC(C)(C)C(=O)Nc1ccc(N2CCOCC2)c(S(=O)(=O)Nc2ccc(Cl)cc2)c1. The Bertz CT molecular complexity index is 1010. The molecule has 0 spiro atoms. The van der Waals surface area contributed by atoms with E-state index in [1.807, 2.05) is 4.90 Å². The average molecular weight is 452 g/mol. The van der Waals surface area contributed by atoms with E-state index in [0.29, 0.717) is 48.4 Å². The van der Waals surface area contributed by atoms with Crippen molar-refractivity contribution in [2.45, 2.75) is 25.7 Å². The highest BCUT2D eigenvalue weighted by Crippen LogP contribution is 2.31. The molecule has 1 aliphatic heterocycles.